The summed E-state index contributed by atoms with van der Waals surface area (Å²) in [6, 6.07) is 13.9. The highest BCUT2D eigenvalue weighted by Gasteiger charge is 2.25. The summed E-state index contributed by atoms with van der Waals surface area (Å²) in [5, 5.41) is 7.51. The lowest BCUT2D eigenvalue weighted by Gasteiger charge is -2.19. The Labute approximate surface area is 156 Å². The highest BCUT2D eigenvalue weighted by molar-refractivity contribution is 7.99. The molecule has 1 amide bonds. The van der Waals surface area contributed by atoms with Crippen LogP contribution in [-0.2, 0) is 0 Å². The summed E-state index contributed by atoms with van der Waals surface area (Å²) in [7, 11) is 0. The van der Waals surface area contributed by atoms with Crippen LogP contribution in [-0.4, -0.2) is 39.8 Å². The number of rotatable bonds is 3. The van der Waals surface area contributed by atoms with Crippen molar-refractivity contribution in [3.05, 3.63) is 65.5 Å². The van der Waals surface area contributed by atoms with Gasteiger partial charge in [0.15, 0.2) is 11.5 Å². The number of benzene rings is 1. The second kappa shape index (κ2) is 7.41. The van der Waals surface area contributed by atoms with E-state index in [0.717, 1.165) is 31.0 Å². The number of nitrogens with one attached hydrogen (secondary N) is 1. The van der Waals surface area contributed by atoms with E-state index in [0.29, 0.717) is 16.7 Å². The average Bonchev–Trinajstić information content (AvgIpc) is 3.29. The molecule has 0 bridgehead atoms. The van der Waals surface area contributed by atoms with Gasteiger partial charge < -0.3 is 9.32 Å². The number of thioether (sulfide) groups is 1. The van der Waals surface area contributed by atoms with Crippen molar-refractivity contribution in [2.75, 3.05) is 18.8 Å². The summed E-state index contributed by atoms with van der Waals surface area (Å²) in [6.07, 6.45) is 2.56. The maximum absolute atomic E-state index is 12.8. The summed E-state index contributed by atoms with van der Waals surface area (Å²) in [5.74, 6) is 1.59. The fraction of sp³-hybridized carbons (Fsp3) is 0.300. The third-order valence-corrected chi connectivity index (χ3v) is 6.06. The number of carbonyl (C=O) groups excluding carboxylic acids is 1. The van der Waals surface area contributed by atoms with E-state index in [2.05, 4.69) is 41.4 Å². The van der Waals surface area contributed by atoms with Crippen molar-refractivity contribution in [2.45, 2.75) is 18.6 Å². The first-order valence-electron chi connectivity index (χ1n) is 8.78. The molecule has 1 atom stereocenters. The summed E-state index contributed by atoms with van der Waals surface area (Å²) in [6.45, 7) is 3.65. The molecule has 0 radical (unpaired) electrons. The Hall–Kier alpha value is -2.47. The Morgan fingerprint density at radius 2 is 2.15 bits per heavy atom. The molecule has 0 saturated carbocycles. The second-order valence-electron chi connectivity index (χ2n) is 6.44. The molecule has 1 saturated heterocycles. The zero-order valence-corrected chi connectivity index (χ0v) is 15.5. The van der Waals surface area contributed by atoms with Gasteiger partial charge in [-0.15, -0.1) is 0 Å². The van der Waals surface area contributed by atoms with Crippen LogP contribution in [0.3, 0.4) is 0 Å². The minimum Gasteiger partial charge on any atom is -0.463 e. The third kappa shape index (κ3) is 3.42. The van der Waals surface area contributed by atoms with Crippen LogP contribution in [0.4, 0.5) is 0 Å². The Morgan fingerprint density at radius 1 is 1.27 bits per heavy atom. The molecule has 3 heterocycles. The van der Waals surface area contributed by atoms with Gasteiger partial charge in [-0.2, -0.15) is 16.9 Å². The van der Waals surface area contributed by atoms with Crippen LogP contribution in [0.25, 0.3) is 11.5 Å². The van der Waals surface area contributed by atoms with Gasteiger partial charge in [0.25, 0.3) is 5.91 Å². The zero-order chi connectivity index (χ0) is 17.9. The summed E-state index contributed by atoms with van der Waals surface area (Å²) in [4.78, 5) is 14.8. The molecule has 0 aliphatic carbocycles. The highest BCUT2D eigenvalue weighted by atomic mass is 32.2. The van der Waals surface area contributed by atoms with Crippen LogP contribution in [0.15, 0.2) is 53.1 Å². The highest BCUT2D eigenvalue weighted by Crippen LogP contribution is 2.36. The predicted octanol–water partition coefficient (Wildman–Crippen LogP) is 4.30. The van der Waals surface area contributed by atoms with E-state index in [1.165, 1.54) is 11.1 Å². The maximum atomic E-state index is 12.8. The average molecular weight is 367 g/mol. The maximum Gasteiger partial charge on any atom is 0.274 e. The van der Waals surface area contributed by atoms with Gasteiger partial charge in [0.2, 0.25) is 0 Å². The molecule has 0 unspecified atom stereocenters. The van der Waals surface area contributed by atoms with Gasteiger partial charge in [-0.3, -0.25) is 9.89 Å². The van der Waals surface area contributed by atoms with Gasteiger partial charge in [0, 0.05) is 30.2 Å². The van der Waals surface area contributed by atoms with Crippen LogP contribution < -0.4 is 0 Å². The van der Waals surface area contributed by atoms with Gasteiger partial charge in [0.1, 0.15) is 5.69 Å². The van der Waals surface area contributed by atoms with Gasteiger partial charge in [-0.05, 0) is 36.6 Å². The standard InChI is InChI=1S/C20H21N3O2S/c1-14-5-2-3-6-15(14)19-8-9-23(10-12-26-19)20(24)17-13-16(21-22-17)18-7-4-11-25-18/h2-7,11,13,19H,8-10,12H2,1H3,(H,21,22)/t19-/m0/s1. The normalized spacial score (nSPS) is 17.9. The van der Waals surface area contributed by atoms with Crippen LogP contribution >= 0.6 is 11.8 Å². The number of H-pyrrole nitrogens is 1. The Kier molecular flexibility index (Phi) is 4.84. The first kappa shape index (κ1) is 17.0. The van der Waals surface area contributed by atoms with Crippen molar-refractivity contribution in [2.24, 2.45) is 0 Å². The van der Waals surface area contributed by atoms with Crippen molar-refractivity contribution in [1.29, 1.82) is 0 Å². The van der Waals surface area contributed by atoms with Crippen LogP contribution in [0, 0.1) is 6.92 Å². The van der Waals surface area contributed by atoms with Crippen molar-refractivity contribution in [3.8, 4) is 11.5 Å². The van der Waals surface area contributed by atoms with Crippen molar-refractivity contribution < 1.29 is 9.21 Å². The molecule has 5 nitrogen and oxygen atoms in total. The van der Waals surface area contributed by atoms with E-state index < -0.39 is 0 Å². The molecule has 26 heavy (non-hydrogen) atoms. The van der Waals surface area contributed by atoms with E-state index >= 15 is 0 Å². The van der Waals surface area contributed by atoms with Crippen LogP contribution in [0.5, 0.6) is 0 Å². The molecule has 0 spiro atoms. The fourth-order valence-electron chi connectivity index (χ4n) is 3.32. The number of carbonyl (C=O) groups is 1. The first-order valence-corrected chi connectivity index (χ1v) is 9.83. The molecule has 1 aliphatic heterocycles. The molecule has 3 aromatic rings. The lowest BCUT2D eigenvalue weighted by molar-refractivity contribution is 0.0760. The summed E-state index contributed by atoms with van der Waals surface area (Å²) < 4.78 is 5.35. The number of hydrogen-bond donors (Lipinski definition) is 1. The molecule has 4 rings (SSSR count). The quantitative estimate of drug-likeness (QED) is 0.750. The monoisotopic (exact) mass is 367 g/mol. The molecular weight excluding hydrogens is 346 g/mol. The van der Waals surface area contributed by atoms with E-state index in [1.807, 2.05) is 28.8 Å². The predicted molar refractivity (Wildman–Crippen MR) is 103 cm³/mol. The number of nitrogens with zero attached hydrogens (tertiary/aromatic N) is 2. The van der Waals surface area contributed by atoms with Gasteiger partial charge >= 0.3 is 0 Å². The third-order valence-electron chi connectivity index (χ3n) is 4.75. The van der Waals surface area contributed by atoms with E-state index in [4.69, 9.17) is 4.42 Å². The van der Waals surface area contributed by atoms with E-state index in [1.54, 1.807) is 12.3 Å². The minimum absolute atomic E-state index is 0.0231. The lowest BCUT2D eigenvalue weighted by Crippen LogP contribution is -2.33. The Balaban J connectivity index is 1.46. The Morgan fingerprint density at radius 3 is 2.96 bits per heavy atom. The number of amides is 1. The number of furan rings is 1. The zero-order valence-electron chi connectivity index (χ0n) is 14.6. The van der Waals surface area contributed by atoms with Gasteiger partial charge in [-0.1, -0.05) is 24.3 Å². The number of hydrogen-bond acceptors (Lipinski definition) is 4. The molecule has 1 aromatic carbocycles. The van der Waals surface area contributed by atoms with Gasteiger partial charge in [0.05, 0.1) is 6.26 Å². The first-order chi connectivity index (χ1) is 12.7. The second-order valence-corrected chi connectivity index (χ2v) is 7.75. The molecule has 6 heteroatoms. The molecule has 134 valence electrons. The van der Waals surface area contributed by atoms with Crippen LogP contribution in [0.2, 0.25) is 0 Å². The van der Waals surface area contributed by atoms with Crippen molar-refractivity contribution in [3.63, 3.8) is 0 Å². The number of aromatic nitrogens is 2. The molecular formula is C20H21N3O2S. The van der Waals surface area contributed by atoms with Crippen molar-refractivity contribution in [1.82, 2.24) is 15.1 Å². The largest absolute Gasteiger partial charge is 0.463 e. The molecule has 1 N–H and O–H groups in total. The SMILES string of the molecule is Cc1ccccc1[C@@H]1CCN(C(=O)c2cc(-c3ccco3)[nH]n2)CCS1. The minimum atomic E-state index is -0.0231. The molecule has 1 fully saturated rings. The number of aryl methyl sites for hydroxylation is 1. The van der Waals surface area contributed by atoms with E-state index in [9.17, 15) is 4.79 Å². The summed E-state index contributed by atoms with van der Waals surface area (Å²) >= 11 is 1.93. The van der Waals surface area contributed by atoms with E-state index in [-0.39, 0.29) is 5.91 Å². The lowest BCUT2D eigenvalue weighted by atomic mass is 10.0. The van der Waals surface area contributed by atoms with Crippen LogP contribution in [0.1, 0.15) is 33.3 Å². The van der Waals surface area contributed by atoms with Crippen molar-refractivity contribution >= 4 is 17.7 Å². The number of aromatic amines is 1. The smallest absolute Gasteiger partial charge is 0.274 e. The summed E-state index contributed by atoms with van der Waals surface area (Å²) in [5.41, 5.74) is 3.86. The fourth-order valence-corrected chi connectivity index (χ4v) is 4.65. The Bertz CT molecular complexity index is 888. The molecule has 1 aliphatic rings. The van der Waals surface area contributed by atoms with Gasteiger partial charge in [-0.25, -0.2) is 0 Å². The molecule has 2 aromatic heterocycles. The topological polar surface area (TPSA) is 62.1 Å².